The number of benzene rings is 1. The second kappa shape index (κ2) is 6.19. The summed E-state index contributed by atoms with van der Waals surface area (Å²) in [5.74, 6) is 0.123. The first-order valence-electron chi connectivity index (χ1n) is 6.96. The highest BCUT2D eigenvalue weighted by molar-refractivity contribution is 7.09. The highest BCUT2D eigenvalue weighted by atomic mass is 32.1. The Morgan fingerprint density at radius 2 is 2.17 bits per heavy atom. The van der Waals surface area contributed by atoms with Crippen LogP contribution in [0.25, 0.3) is 0 Å². The lowest BCUT2D eigenvalue weighted by Crippen LogP contribution is -2.31. The number of rotatable bonds is 4. The number of alkyl halides is 3. The molecule has 1 amide bonds. The predicted octanol–water partition coefficient (Wildman–Crippen LogP) is 3.00. The number of amides is 1. The maximum absolute atomic E-state index is 12.5. The van der Waals surface area contributed by atoms with Crippen molar-refractivity contribution in [2.24, 2.45) is 0 Å². The Bertz CT molecular complexity index is 715. The van der Waals surface area contributed by atoms with Gasteiger partial charge in [-0.15, -0.1) is 11.3 Å². The van der Waals surface area contributed by atoms with Crippen LogP contribution < -0.4 is 10.1 Å². The molecule has 1 unspecified atom stereocenters. The SMILES string of the molecule is O=C(NCCc1nc(C(F)(F)F)cs1)C1COc2ccccc21. The minimum Gasteiger partial charge on any atom is -0.492 e. The zero-order valence-electron chi connectivity index (χ0n) is 11.9. The van der Waals surface area contributed by atoms with E-state index in [1.54, 1.807) is 6.07 Å². The summed E-state index contributed by atoms with van der Waals surface area (Å²) in [4.78, 5) is 15.7. The average molecular weight is 342 g/mol. The van der Waals surface area contributed by atoms with E-state index in [1.165, 1.54) is 0 Å². The number of fused-ring (bicyclic) bond motifs is 1. The third-order valence-corrected chi connectivity index (χ3v) is 4.41. The standard InChI is InChI=1S/C15H13F3N2O2S/c16-15(17,18)12-8-23-13(20-12)5-6-19-14(21)10-7-22-11-4-2-1-3-9(10)11/h1-4,8,10H,5-7H2,(H,19,21). The van der Waals surface area contributed by atoms with E-state index in [0.717, 1.165) is 22.3 Å². The van der Waals surface area contributed by atoms with E-state index in [2.05, 4.69) is 10.3 Å². The summed E-state index contributed by atoms with van der Waals surface area (Å²) in [6, 6.07) is 7.31. The minimum absolute atomic E-state index is 0.192. The summed E-state index contributed by atoms with van der Waals surface area (Å²) in [7, 11) is 0. The van der Waals surface area contributed by atoms with Crippen LogP contribution in [0.15, 0.2) is 29.6 Å². The van der Waals surface area contributed by atoms with Gasteiger partial charge < -0.3 is 10.1 Å². The van der Waals surface area contributed by atoms with Crippen molar-refractivity contribution in [3.05, 3.63) is 45.9 Å². The third kappa shape index (κ3) is 3.47. The number of halogens is 3. The lowest BCUT2D eigenvalue weighted by atomic mass is 10.0. The summed E-state index contributed by atoms with van der Waals surface area (Å²) >= 11 is 0.942. The van der Waals surface area contributed by atoms with Crippen molar-refractivity contribution in [2.45, 2.75) is 18.5 Å². The molecule has 0 bridgehead atoms. The topological polar surface area (TPSA) is 51.2 Å². The van der Waals surface area contributed by atoms with Crippen LogP contribution in [0.1, 0.15) is 22.2 Å². The molecule has 0 saturated heterocycles. The highest BCUT2D eigenvalue weighted by Crippen LogP contribution is 2.33. The minimum atomic E-state index is -4.43. The van der Waals surface area contributed by atoms with Crippen molar-refractivity contribution in [2.75, 3.05) is 13.2 Å². The van der Waals surface area contributed by atoms with E-state index in [4.69, 9.17) is 4.74 Å². The smallest absolute Gasteiger partial charge is 0.434 e. The number of ether oxygens (including phenoxy) is 1. The van der Waals surface area contributed by atoms with E-state index < -0.39 is 11.9 Å². The molecule has 0 aliphatic carbocycles. The summed E-state index contributed by atoms with van der Waals surface area (Å²) < 4.78 is 42.8. The first-order chi connectivity index (χ1) is 10.9. The third-order valence-electron chi connectivity index (χ3n) is 3.50. The quantitative estimate of drug-likeness (QED) is 0.929. The van der Waals surface area contributed by atoms with Gasteiger partial charge in [-0.1, -0.05) is 18.2 Å². The number of carbonyl (C=O) groups is 1. The number of nitrogens with one attached hydrogen (secondary N) is 1. The van der Waals surface area contributed by atoms with Gasteiger partial charge in [-0.25, -0.2) is 4.98 Å². The van der Waals surface area contributed by atoms with Crippen molar-refractivity contribution >= 4 is 17.2 Å². The molecule has 1 atom stereocenters. The van der Waals surface area contributed by atoms with Crippen LogP contribution in [0.2, 0.25) is 0 Å². The molecule has 3 rings (SSSR count). The largest absolute Gasteiger partial charge is 0.492 e. The summed E-state index contributed by atoms with van der Waals surface area (Å²) in [6.45, 7) is 0.517. The lowest BCUT2D eigenvalue weighted by Gasteiger charge is -2.09. The molecular formula is C15H13F3N2O2S. The Kier molecular flexibility index (Phi) is 4.25. The molecule has 1 N–H and O–H groups in total. The molecule has 1 aromatic carbocycles. The zero-order valence-corrected chi connectivity index (χ0v) is 12.7. The number of para-hydroxylation sites is 1. The number of carbonyl (C=O) groups excluding carboxylic acids is 1. The van der Waals surface area contributed by atoms with Gasteiger partial charge in [0.25, 0.3) is 0 Å². The van der Waals surface area contributed by atoms with Gasteiger partial charge in [0, 0.05) is 23.9 Å². The molecule has 4 nitrogen and oxygen atoms in total. The molecule has 0 saturated carbocycles. The van der Waals surface area contributed by atoms with Crippen molar-refractivity contribution in [1.29, 1.82) is 0 Å². The van der Waals surface area contributed by atoms with E-state index in [-0.39, 0.29) is 31.4 Å². The van der Waals surface area contributed by atoms with Gasteiger partial charge in [-0.05, 0) is 6.07 Å². The fourth-order valence-electron chi connectivity index (χ4n) is 2.35. The molecule has 0 radical (unpaired) electrons. The van der Waals surface area contributed by atoms with Crippen molar-refractivity contribution < 1.29 is 22.7 Å². The zero-order chi connectivity index (χ0) is 16.4. The van der Waals surface area contributed by atoms with Crippen LogP contribution in [0, 0.1) is 0 Å². The monoisotopic (exact) mass is 342 g/mol. The molecule has 0 spiro atoms. The van der Waals surface area contributed by atoms with Gasteiger partial charge in [0.15, 0.2) is 5.69 Å². The van der Waals surface area contributed by atoms with Gasteiger partial charge >= 0.3 is 6.18 Å². The van der Waals surface area contributed by atoms with Gasteiger partial charge in [0.05, 0.1) is 5.01 Å². The second-order valence-corrected chi connectivity index (χ2v) is 6.01. The van der Waals surface area contributed by atoms with Crippen LogP contribution in [-0.2, 0) is 17.4 Å². The predicted molar refractivity (Wildman–Crippen MR) is 78.5 cm³/mol. The van der Waals surface area contributed by atoms with Crippen LogP contribution in [0.5, 0.6) is 5.75 Å². The Balaban J connectivity index is 1.53. The summed E-state index contributed by atoms with van der Waals surface area (Å²) in [6.07, 6.45) is -4.16. The van der Waals surface area contributed by atoms with Crippen molar-refractivity contribution in [1.82, 2.24) is 10.3 Å². The van der Waals surface area contributed by atoms with Crippen LogP contribution in [0.4, 0.5) is 13.2 Å². The molecule has 1 aromatic heterocycles. The molecule has 0 fully saturated rings. The Hall–Kier alpha value is -2.09. The molecule has 23 heavy (non-hydrogen) atoms. The van der Waals surface area contributed by atoms with E-state index in [9.17, 15) is 18.0 Å². The van der Waals surface area contributed by atoms with Gasteiger partial charge in [0.2, 0.25) is 5.91 Å². The number of aromatic nitrogens is 1. The van der Waals surface area contributed by atoms with Crippen LogP contribution in [0.3, 0.4) is 0 Å². The Labute approximate surface area is 134 Å². The Morgan fingerprint density at radius 1 is 1.39 bits per heavy atom. The lowest BCUT2D eigenvalue weighted by molar-refractivity contribution is -0.140. The first-order valence-corrected chi connectivity index (χ1v) is 7.84. The van der Waals surface area contributed by atoms with Crippen LogP contribution in [-0.4, -0.2) is 24.0 Å². The fourth-order valence-corrected chi connectivity index (χ4v) is 3.16. The summed E-state index contributed by atoms with van der Waals surface area (Å²) in [5.41, 5.74) is -0.0550. The number of thiazole rings is 1. The molecule has 1 aliphatic rings. The molecule has 2 aromatic rings. The van der Waals surface area contributed by atoms with Crippen LogP contribution >= 0.6 is 11.3 Å². The Morgan fingerprint density at radius 3 is 2.91 bits per heavy atom. The molecule has 2 heterocycles. The molecule has 122 valence electrons. The van der Waals surface area contributed by atoms with Crippen molar-refractivity contribution in [3.63, 3.8) is 0 Å². The van der Waals surface area contributed by atoms with E-state index >= 15 is 0 Å². The number of hydrogen-bond acceptors (Lipinski definition) is 4. The average Bonchev–Trinajstić information content (AvgIpc) is 3.13. The highest BCUT2D eigenvalue weighted by Gasteiger charge is 2.33. The van der Waals surface area contributed by atoms with Gasteiger partial charge in [0.1, 0.15) is 18.3 Å². The second-order valence-electron chi connectivity index (χ2n) is 5.07. The molecule has 1 aliphatic heterocycles. The maximum atomic E-state index is 12.5. The first kappa shape index (κ1) is 15.8. The van der Waals surface area contributed by atoms with Gasteiger partial charge in [-0.2, -0.15) is 13.2 Å². The van der Waals surface area contributed by atoms with E-state index in [1.807, 2.05) is 18.2 Å². The van der Waals surface area contributed by atoms with Gasteiger partial charge in [-0.3, -0.25) is 4.79 Å². The summed E-state index contributed by atoms with van der Waals surface area (Å²) in [5, 5.41) is 4.06. The fraction of sp³-hybridized carbons (Fsp3) is 0.333. The molecule has 8 heteroatoms. The maximum Gasteiger partial charge on any atom is 0.434 e. The van der Waals surface area contributed by atoms with E-state index in [0.29, 0.717) is 10.8 Å². The normalized spacial score (nSPS) is 16.7. The molecular weight excluding hydrogens is 329 g/mol. The van der Waals surface area contributed by atoms with Crippen molar-refractivity contribution in [3.8, 4) is 5.75 Å². The number of nitrogens with zero attached hydrogens (tertiary/aromatic N) is 1. The number of hydrogen-bond donors (Lipinski definition) is 1.